The molecule has 0 bridgehead atoms. The third kappa shape index (κ3) is 1.97. The molecule has 2 saturated carbocycles. The summed E-state index contributed by atoms with van der Waals surface area (Å²) in [6.45, 7) is 4.81. The van der Waals surface area contributed by atoms with E-state index in [1.165, 1.54) is 0 Å². The molecule has 0 heterocycles. The molecule has 0 aliphatic heterocycles. The molecule has 4 atom stereocenters. The standard InChI is InChI=1S/C12H17NO6/c1-11(2,3)19-10(16)12(13(17)18)7-4-6(7)5-8(12)9(14)15/h6-8H,4-5H2,1-3H3,(H,14,15)/t6-,7-,8?,12?/m1/s1. The van der Waals surface area contributed by atoms with Gasteiger partial charge in [-0.25, -0.2) is 4.79 Å². The van der Waals surface area contributed by atoms with Gasteiger partial charge in [-0.3, -0.25) is 14.9 Å². The lowest BCUT2D eigenvalue weighted by molar-refractivity contribution is -0.566. The third-order valence-electron chi connectivity index (χ3n) is 3.88. The van der Waals surface area contributed by atoms with E-state index in [4.69, 9.17) is 4.74 Å². The molecule has 7 nitrogen and oxygen atoms in total. The van der Waals surface area contributed by atoms with Gasteiger partial charge in [-0.2, -0.15) is 0 Å². The van der Waals surface area contributed by atoms with E-state index in [1.807, 2.05) is 0 Å². The van der Waals surface area contributed by atoms with Crippen LogP contribution in [-0.4, -0.2) is 33.1 Å². The first kappa shape index (κ1) is 13.8. The molecule has 0 aromatic rings. The molecule has 0 aromatic heterocycles. The van der Waals surface area contributed by atoms with Crippen LogP contribution in [0.15, 0.2) is 0 Å². The molecule has 19 heavy (non-hydrogen) atoms. The summed E-state index contributed by atoms with van der Waals surface area (Å²) in [6.07, 6.45) is 0.713. The van der Waals surface area contributed by atoms with Crippen LogP contribution in [-0.2, 0) is 14.3 Å². The van der Waals surface area contributed by atoms with Crippen molar-refractivity contribution in [3.05, 3.63) is 10.1 Å². The molecule has 2 rings (SSSR count). The van der Waals surface area contributed by atoms with Gasteiger partial charge in [0.15, 0.2) is 0 Å². The lowest BCUT2D eigenvalue weighted by atomic mass is 9.83. The van der Waals surface area contributed by atoms with Gasteiger partial charge in [0.05, 0.1) is 0 Å². The predicted octanol–water partition coefficient (Wildman–Crippen LogP) is 1.08. The number of hydrogen-bond acceptors (Lipinski definition) is 5. The van der Waals surface area contributed by atoms with Gasteiger partial charge in [0.2, 0.25) is 0 Å². The molecular formula is C12H17NO6. The molecule has 0 spiro atoms. The van der Waals surface area contributed by atoms with Gasteiger partial charge in [-0.1, -0.05) is 0 Å². The molecule has 2 unspecified atom stereocenters. The molecule has 0 saturated heterocycles. The van der Waals surface area contributed by atoms with Crippen molar-refractivity contribution < 1.29 is 24.4 Å². The Kier molecular flexibility index (Phi) is 2.84. The van der Waals surface area contributed by atoms with Crippen molar-refractivity contribution in [2.24, 2.45) is 17.8 Å². The molecule has 0 amide bonds. The zero-order valence-electron chi connectivity index (χ0n) is 11.1. The number of hydrogen-bond donors (Lipinski definition) is 1. The van der Waals surface area contributed by atoms with Gasteiger partial charge in [0.1, 0.15) is 11.5 Å². The number of esters is 1. The molecule has 106 valence electrons. The Labute approximate surface area is 110 Å². The summed E-state index contributed by atoms with van der Waals surface area (Å²) in [5.41, 5.74) is -2.99. The number of carboxylic acids is 1. The summed E-state index contributed by atoms with van der Waals surface area (Å²) in [5, 5.41) is 20.6. The first-order chi connectivity index (χ1) is 8.60. The van der Waals surface area contributed by atoms with E-state index in [1.54, 1.807) is 20.8 Å². The summed E-state index contributed by atoms with van der Waals surface area (Å²) in [7, 11) is 0. The lowest BCUT2D eigenvalue weighted by Crippen LogP contribution is -2.57. The highest BCUT2D eigenvalue weighted by Gasteiger charge is 2.78. The Morgan fingerprint density at radius 3 is 2.37 bits per heavy atom. The maximum atomic E-state index is 12.2. The lowest BCUT2D eigenvalue weighted by Gasteiger charge is -2.29. The van der Waals surface area contributed by atoms with Crippen molar-refractivity contribution in [3.63, 3.8) is 0 Å². The van der Waals surface area contributed by atoms with Crippen LogP contribution in [0, 0.1) is 27.9 Å². The van der Waals surface area contributed by atoms with Gasteiger partial charge in [0.25, 0.3) is 0 Å². The molecule has 0 radical (unpaired) electrons. The van der Waals surface area contributed by atoms with Crippen molar-refractivity contribution in [3.8, 4) is 0 Å². The van der Waals surface area contributed by atoms with E-state index in [2.05, 4.69) is 0 Å². The number of nitrogens with zero attached hydrogens (tertiary/aromatic N) is 1. The summed E-state index contributed by atoms with van der Waals surface area (Å²) in [5.74, 6) is -4.14. The fraction of sp³-hybridized carbons (Fsp3) is 0.833. The highest BCUT2D eigenvalue weighted by molar-refractivity contribution is 5.89. The second kappa shape index (κ2) is 3.91. The largest absolute Gasteiger partial charge is 0.481 e. The molecule has 1 N–H and O–H groups in total. The molecule has 0 aromatic carbocycles. The molecule has 2 aliphatic carbocycles. The Balaban J connectivity index is 2.40. The second-order valence-electron chi connectivity index (χ2n) is 6.31. The number of carboxylic acid groups (broad SMARTS) is 1. The maximum absolute atomic E-state index is 12.2. The number of carbonyl (C=O) groups excluding carboxylic acids is 1. The average Bonchev–Trinajstić information content (AvgIpc) is 2.88. The summed E-state index contributed by atoms with van der Waals surface area (Å²) >= 11 is 0. The first-order valence-corrected chi connectivity index (χ1v) is 6.21. The van der Waals surface area contributed by atoms with Gasteiger partial charge in [0, 0.05) is 10.8 Å². The number of ether oxygens (including phenoxy) is 1. The summed E-state index contributed by atoms with van der Waals surface area (Å²) in [6, 6.07) is 0. The van der Waals surface area contributed by atoms with Crippen molar-refractivity contribution in [2.75, 3.05) is 0 Å². The van der Waals surface area contributed by atoms with Gasteiger partial charge < -0.3 is 9.84 Å². The number of carbonyl (C=O) groups is 2. The Bertz CT molecular complexity index is 454. The van der Waals surface area contributed by atoms with Crippen molar-refractivity contribution in [1.82, 2.24) is 0 Å². The normalized spacial score (nSPS) is 36.5. The van der Waals surface area contributed by atoms with E-state index in [9.17, 15) is 24.8 Å². The van der Waals surface area contributed by atoms with Crippen molar-refractivity contribution in [1.29, 1.82) is 0 Å². The highest BCUT2D eigenvalue weighted by atomic mass is 16.6. The second-order valence-corrected chi connectivity index (χ2v) is 6.31. The topological polar surface area (TPSA) is 107 Å². The van der Waals surface area contributed by atoms with Crippen LogP contribution in [0.4, 0.5) is 0 Å². The SMILES string of the molecule is CC(C)(C)OC(=O)C1([N+](=O)[O-])C(C(=O)O)C[C@H]2C[C@H]21. The maximum Gasteiger partial charge on any atom is 0.386 e. The zero-order valence-corrected chi connectivity index (χ0v) is 11.1. The van der Waals surface area contributed by atoms with Gasteiger partial charge in [-0.15, -0.1) is 0 Å². The third-order valence-corrected chi connectivity index (χ3v) is 3.88. The van der Waals surface area contributed by atoms with Crippen molar-refractivity contribution >= 4 is 11.9 Å². The number of rotatable bonds is 3. The number of aliphatic carboxylic acids is 1. The Morgan fingerprint density at radius 1 is 1.37 bits per heavy atom. The van der Waals surface area contributed by atoms with Crippen LogP contribution in [0.5, 0.6) is 0 Å². The molecule has 7 heteroatoms. The van der Waals surface area contributed by atoms with E-state index in [0.717, 1.165) is 0 Å². The first-order valence-electron chi connectivity index (χ1n) is 6.21. The van der Waals surface area contributed by atoms with Crippen LogP contribution in [0.1, 0.15) is 33.6 Å². The fourth-order valence-corrected chi connectivity index (χ4v) is 3.07. The van der Waals surface area contributed by atoms with Crippen LogP contribution in [0.3, 0.4) is 0 Å². The molecule has 2 aliphatic rings. The Hall–Kier alpha value is -1.66. The number of nitro groups is 1. The summed E-state index contributed by atoms with van der Waals surface area (Å²) < 4.78 is 5.12. The van der Waals surface area contributed by atoms with E-state index < -0.39 is 39.8 Å². The van der Waals surface area contributed by atoms with Crippen LogP contribution in [0.2, 0.25) is 0 Å². The van der Waals surface area contributed by atoms with E-state index >= 15 is 0 Å². The van der Waals surface area contributed by atoms with E-state index in [0.29, 0.717) is 6.42 Å². The molecular weight excluding hydrogens is 254 g/mol. The summed E-state index contributed by atoms with van der Waals surface area (Å²) in [4.78, 5) is 34.2. The van der Waals surface area contributed by atoms with Gasteiger partial charge in [-0.05, 0) is 39.5 Å². The minimum Gasteiger partial charge on any atom is -0.481 e. The van der Waals surface area contributed by atoms with Gasteiger partial charge >= 0.3 is 17.5 Å². The van der Waals surface area contributed by atoms with Crippen LogP contribution < -0.4 is 0 Å². The average molecular weight is 271 g/mol. The van der Waals surface area contributed by atoms with Crippen molar-refractivity contribution in [2.45, 2.75) is 44.8 Å². The quantitative estimate of drug-likeness (QED) is 0.467. The van der Waals surface area contributed by atoms with E-state index in [-0.39, 0.29) is 12.3 Å². The highest BCUT2D eigenvalue weighted by Crippen LogP contribution is 2.62. The Morgan fingerprint density at radius 2 is 1.95 bits per heavy atom. The smallest absolute Gasteiger partial charge is 0.386 e. The minimum atomic E-state index is -2.11. The predicted molar refractivity (Wildman–Crippen MR) is 62.9 cm³/mol. The fourth-order valence-electron chi connectivity index (χ4n) is 3.07. The monoisotopic (exact) mass is 271 g/mol. The van der Waals surface area contributed by atoms with Crippen LogP contribution in [0.25, 0.3) is 0 Å². The van der Waals surface area contributed by atoms with Crippen LogP contribution >= 0.6 is 0 Å². The minimum absolute atomic E-state index is 0.0426. The zero-order chi connectivity index (χ0) is 14.6. The number of fused-ring (bicyclic) bond motifs is 1. The molecule has 2 fully saturated rings.